The smallest absolute Gasteiger partial charge is 0.0915 e. The lowest BCUT2D eigenvalue weighted by molar-refractivity contribution is 0.174. The summed E-state index contributed by atoms with van der Waals surface area (Å²) in [6.07, 6.45) is 2.89. The van der Waals surface area contributed by atoms with Gasteiger partial charge in [0.15, 0.2) is 0 Å². The average molecular weight is 313 g/mol. The molecule has 2 N–H and O–H groups in total. The van der Waals surface area contributed by atoms with Crippen LogP contribution in [-0.4, -0.2) is 16.6 Å². The van der Waals surface area contributed by atoms with E-state index in [4.69, 9.17) is 0 Å². The zero-order chi connectivity index (χ0) is 12.1. The molecule has 90 valence electrons. The van der Waals surface area contributed by atoms with Crippen molar-refractivity contribution in [3.05, 3.63) is 50.9 Å². The molecule has 0 spiro atoms. The Morgan fingerprint density at radius 2 is 2.18 bits per heavy atom. The van der Waals surface area contributed by atoms with Crippen molar-refractivity contribution in [2.75, 3.05) is 6.54 Å². The Balaban J connectivity index is 1.79. The number of hydrogen-bond acceptors (Lipinski definition) is 4. The standard InChI is InChI=1S/C12H13BrN2OS/c13-10-5-11(17-8-10)6-15-7-12(16)9-1-3-14-4-2-9/h1-5,8,12,15-16H,6-7H2. The van der Waals surface area contributed by atoms with E-state index in [-0.39, 0.29) is 0 Å². The van der Waals surface area contributed by atoms with Gasteiger partial charge in [0.2, 0.25) is 0 Å². The minimum Gasteiger partial charge on any atom is -0.387 e. The van der Waals surface area contributed by atoms with Gasteiger partial charge in [-0.25, -0.2) is 0 Å². The minimum absolute atomic E-state index is 0.485. The highest BCUT2D eigenvalue weighted by Gasteiger charge is 2.06. The summed E-state index contributed by atoms with van der Waals surface area (Å²) in [4.78, 5) is 5.17. The summed E-state index contributed by atoms with van der Waals surface area (Å²) in [5.74, 6) is 0. The lowest BCUT2D eigenvalue weighted by Crippen LogP contribution is -2.20. The Labute approximate surface area is 113 Å². The maximum absolute atomic E-state index is 9.91. The summed E-state index contributed by atoms with van der Waals surface area (Å²) < 4.78 is 1.11. The van der Waals surface area contributed by atoms with Gasteiger partial charge < -0.3 is 10.4 Å². The summed E-state index contributed by atoms with van der Waals surface area (Å²) in [6.45, 7) is 1.32. The minimum atomic E-state index is -0.485. The largest absolute Gasteiger partial charge is 0.387 e. The molecule has 3 nitrogen and oxygen atoms in total. The highest BCUT2D eigenvalue weighted by atomic mass is 79.9. The van der Waals surface area contributed by atoms with E-state index in [2.05, 4.69) is 37.7 Å². The summed E-state index contributed by atoms with van der Waals surface area (Å²) >= 11 is 5.11. The van der Waals surface area contributed by atoms with Crippen LogP contribution in [0.4, 0.5) is 0 Å². The molecule has 2 aromatic heterocycles. The third-order valence-electron chi connectivity index (χ3n) is 2.35. The zero-order valence-corrected chi connectivity index (χ0v) is 11.5. The molecule has 0 aromatic carbocycles. The molecular weight excluding hydrogens is 300 g/mol. The maximum Gasteiger partial charge on any atom is 0.0915 e. The van der Waals surface area contributed by atoms with Crippen LogP contribution >= 0.6 is 27.3 Å². The van der Waals surface area contributed by atoms with Gasteiger partial charge in [0.1, 0.15) is 0 Å². The molecule has 0 radical (unpaired) electrons. The first kappa shape index (κ1) is 12.7. The highest BCUT2D eigenvalue weighted by Crippen LogP contribution is 2.19. The number of aliphatic hydroxyl groups excluding tert-OH is 1. The molecule has 0 aliphatic heterocycles. The number of thiophene rings is 1. The van der Waals surface area contributed by atoms with Gasteiger partial charge in [-0.2, -0.15) is 0 Å². The van der Waals surface area contributed by atoms with E-state index in [0.717, 1.165) is 16.6 Å². The number of halogens is 1. The third-order valence-corrected chi connectivity index (χ3v) is 4.05. The number of rotatable bonds is 5. The van der Waals surface area contributed by atoms with Gasteiger partial charge in [0, 0.05) is 40.2 Å². The average Bonchev–Trinajstić information content (AvgIpc) is 2.76. The number of pyridine rings is 1. The molecule has 1 unspecified atom stereocenters. The van der Waals surface area contributed by atoms with E-state index in [1.165, 1.54) is 4.88 Å². The molecule has 1 atom stereocenters. The molecule has 0 aliphatic carbocycles. The number of nitrogens with zero attached hydrogens (tertiary/aromatic N) is 1. The van der Waals surface area contributed by atoms with Crippen LogP contribution in [0, 0.1) is 0 Å². The van der Waals surface area contributed by atoms with Crippen molar-refractivity contribution in [2.45, 2.75) is 12.6 Å². The van der Waals surface area contributed by atoms with Crippen molar-refractivity contribution in [2.24, 2.45) is 0 Å². The number of aromatic nitrogens is 1. The van der Waals surface area contributed by atoms with E-state index in [1.807, 2.05) is 12.1 Å². The summed E-state index contributed by atoms with van der Waals surface area (Å²) in [6, 6.07) is 5.73. The van der Waals surface area contributed by atoms with Crippen molar-refractivity contribution in [1.29, 1.82) is 0 Å². The van der Waals surface area contributed by atoms with Crippen molar-refractivity contribution in [3.63, 3.8) is 0 Å². The second-order valence-electron chi connectivity index (χ2n) is 3.66. The lowest BCUT2D eigenvalue weighted by Gasteiger charge is -2.11. The van der Waals surface area contributed by atoms with Crippen LogP contribution in [0.3, 0.4) is 0 Å². The predicted molar refractivity (Wildman–Crippen MR) is 72.9 cm³/mol. The Morgan fingerprint density at radius 1 is 1.41 bits per heavy atom. The summed E-state index contributed by atoms with van der Waals surface area (Å²) in [7, 11) is 0. The van der Waals surface area contributed by atoms with Gasteiger partial charge in [0.25, 0.3) is 0 Å². The normalized spacial score (nSPS) is 12.6. The fraction of sp³-hybridized carbons (Fsp3) is 0.250. The predicted octanol–water partition coefficient (Wildman–Crippen LogP) is 2.73. The third kappa shape index (κ3) is 3.89. The second kappa shape index (κ2) is 6.26. The fourth-order valence-electron chi connectivity index (χ4n) is 1.48. The molecule has 2 aromatic rings. The van der Waals surface area contributed by atoms with E-state index >= 15 is 0 Å². The van der Waals surface area contributed by atoms with Crippen LogP contribution in [0.2, 0.25) is 0 Å². The van der Waals surface area contributed by atoms with Crippen LogP contribution in [0.15, 0.2) is 40.4 Å². The number of nitrogens with one attached hydrogen (secondary N) is 1. The highest BCUT2D eigenvalue weighted by molar-refractivity contribution is 9.10. The molecule has 0 saturated carbocycles. The van der Waals surface area contributed by atoms with Crippen LogP contribution in [0.25, 0.3) is 0 Å². The fourth-order valence-corrected chi connectivity index (χ4v) is 2.90. The first-order valence-corrected chi connectivity index (χ1v) is 6.94. The van der Waals surface area contributed by atoms with Crippen molar-refractivity contribution >= 4 is 27.3 Å². The first-order valence-electron chi connectivity index (χ1n) is 5.27. The SMILES string of the molecule is OC(CNCc1cc(Br)cs1)c1ccncc1. The van der Waals surface area contributed by atoms with E-state index in [9.17, 15) is 5.11 Å². The van der Waals surface area contributed by atoms with Gasteiger partial charge in [-0.1, -0.05) is 0 Å². The monoisotopic (exact) mass is 312 g/mol. The number of hydrogen-bond donors (Lipinski definition) is 2. The zero-order valence-electron chi connectivity index (χ0n) is 9.14. The molecule has 2 heterocycles. The van der Waals surface area contributed by atoms with Gasteiger partial charge in [-0.05, 0) is 39.7 Å². The molecule has 5 heteroatoms. The molecule has 0 bridgehead atoms. The van der Waals surface area contributed by atoms with Gasteiger partial charge in [-0.15, -0.1) is 11.3 Å². The lowest BCUT2D eigenvalue weighted by atomic mass is 10.1. The summed E-state index contributed by atoms with van der Waals surface area (Å²) in [5.41, 5.74) is 0.889. The molecule has 0 saturated heterocycles. The first-order chi connectivity index (χ1) is 8.25. The molecule has 0 amide bonds. The maximum atomic E-state index is 9.91. The molecule has 0 aliphatic rings. The summed E-state index contributed by atoms with van der Waals surface area (Å²) in [5, 5.41) is 15.2. The molecule has 2 rings (SSSR count). The van der Waals surface area contributed by atoms with Crippen LogP contribution in [0.1, 0.15) is 16.5 Å². The van der Waals surface area contributed by atoms with Crippen LogP contribution in [-0.2, 0) is 6.54 Å². The van der Waals surface area contributed by atoms with Gasteiger partial charge in [-0.3, -0.25) is 4.98 Å². The Morgan fingerprint density at radius 3 is 2.82 bits per heavy atom. The van der Waals surface area contributed by atoms with E-state index in [0.29, 0.717) is 6.54 Å². The molecule has 0 fully saturated rings. The quantitative estimate of drug-likeness (QED) is 0.892. The topological polar surface area (TPSA) is 45.1 Å². The van der Waals surface area contributed by atoms with E-state index < -0.39 is 6.10 Å². The Kier molecular flexibility index (Phi) is 4.67. The van der Waals surface area contributed by atoms with Crippen LogP contribution < -0.4 is 5.32 Å². The number of aliphatic hydroxyl groups is 1. The van der Waals surface area contributed by atoms with Crippen LogP contribution in [0.5, 0.6) is 0 Å². The molecular formula is C12H13BrN2OS. The van der Waals surface area contributed by atoms with Gasteiger partial charge in [0.05, 0.1) is 6.10 Å². The Bertz CT molecular complexity index is 461. The van der Waals surface area contributed by atoms with Gasteiger partial charge >= 0.3 is 0 Å². The van der Waals surface area contributed by atoms with Crippen molar-refractivity contribution in [3.8, 4) is 0 Å². The van der Waals surface area contributed by atoms with Crippen molar-refractivity contribution in [1.82, 2.24) is 10.3 Å². The second-order valence-corrected chi connectivity index (χ2v) is 5.57. The van der Waals surface area contributed by atoms with E-state index in [1.54, 1.807) is 23.7 Å². The van der Waals surface area contributed by atoms with Crippen molar-refractivity contribution < 1.29 is 5.11 Å². The molecule has 17 heavy (non-hydrogen) atoms. The Hall–Kier alpha value is -0.750.